The number of aliphatic hydroxyl groups is 2. The molecule has 7 aliphatic rings. The molecule has 15 nitrogen and oxygen atoms in total. The Morgan fingerprint density at radius 1 is 1.21 bits per heavy atom. The van der Waals surface area contributed by atoms with Gasteiger partial charge in [0.15, 0.2) is 0 Å². The van der Waals surface area contributed by atoms with Gasteiger partial charge in [0, 0.05) is 26.1 Å². The van der Waals surface area contributed by atoms with Crippen LogP contribution in [0.5, 0.6) is 0 Å². The number of imide groups is 1. The van der Waals surface area contributed by atoms with Crippen LogP contribution in [0.3, 0.4) is 0 Å². The average Bonchev–Trinajstić information content (AvgIpc) is 3.41. The first-order valence-corrected chi connectivity index (χ1v) is 14.5. The summed E-state index contributed by atoms with van der Waals surface area (Å²) < 4.78 is 33.8. The summed E-state index contributed by atoms with van der Waals surface area (Å²) >= 11 is 1.23. The van der Waals surface area contributed by atoms with Gasteiger partial charge in [-0.05, 0) is 19.4 Å². The summed E-state index contributed by atoms with van der Waals surface area (Å²) in [6.45, 7) is 2.39. The molecular formula is C21H29N4O11PS. The molecule has 1 unspecified atom stereocenters. The van der Waals surface area contributed by atoms with Crippen LogP contribution in [0.25, 0.3) is 0 Å². The van der Waals surface area contributed by atoms with Crippen LogP contribution in [0.15, 0.2) is 11.8 Å². The Kier molecular flexibility index (Phi) is 6.01. The van der Waals surface area contributed by atoms with Crippen LogP contribution in [0.4, 0.5) is 9.59 Å². The number of rotatable bonds is 1. The second-order valence-electron chi connectivity index (χ2n) is 10.4. The number of carbonyl (C=O) groups excluding carboxylic acids is 3. The lowest BCUT2D eigenvalue weighted by molar-refractivity contribution is -0.136. The first kappa shape index (κ1) is 26.5. The van der Waals surface area contributed by atoms with Crippen molar-refractivity contribution >= 4 is 37.6 Å². The summed E-state index contributed by atoms with van der Waals surface area (Å²) in [4.78, 5) is 53.3. The zero-order chi connectivity index (χ0) is 27.4. The number of urea groups is 2. The molecule has 1 spiro atoms. The molecule has 7 rings (SSSR count). The second-order valence-corrected chi connectivity index (χ2v) is 13.5. The Balaban J connectivity index is 1.47. The van der Waals surface area contributed by atoms with Crippen molar-refractivity contribution in [2.45, 2.75) is 79.2 Å². The molecule has 5 fully saturated rings. The summed E-state index contributed by atoms with van der Waals surface area (Å²) in [6.07, 6.45) is -4.83. The van der Waals surface area contributed by atoms with Gasteiger partial charge in [-0.2, -0.15) is 0 Å². The Bertz CT molecular complexity index is 1170. The highest BCUT2D eigenvalue weighted by molar-refractivity contribution is 8.04. The highest BCUT2D eigenvalue weighted by Gasteiger charge is 2.76. The third-order valence-electron chi connectivity index (χ3n) is 8.20. The first-order valence-electron chi connectivity index (χ1n) is 12.2. The van der Waals surface area contributed by atoms with Crippen LogP contribution in [-0.2, 0) is 27.9 Å². The molecule has 0 saturated carbocycles. The number of amides is 5. The van der Waals surface area contributed by atoms with Gasteiger partial charge in [0.25, 0.3) is 0 Å². The van der Waals surface area contributed by atoms with Crippen molar-refractivity contribution in [3.63, 3.8) is 0 Å². The molecule has 210 valence electrons. The van der Waals surface area contributed by atoms with Crippen molar-refractivity contribution in [2.24, 2.45) is 0 Å². The second kappa shape index (κ2) is 8.62. The monoisotopic (exact) mass is 576 g/mol. The van der Waals surface area contributed by atoms with Gasteiger partial charge in [-0.1, -0.05) is 0 Å². The minimum atomic E-state index is -4.71. The fourth-order valence-electron chi connectivity index (χ4n) is 6.32. The number of ether oxygens (including phenoxy) is 2. The van der Waals surface area contributed by atoms with Gasteiger partial charge in [0.1, 0.15) is 40.4 Å². The number of hydrogen-bond donors (Lipinski definition) is 4. The fraction of sp³-hybridized carbons (Fsp3) is 0.762. The normalized spacial score (nSPS) is 48.6. The number of hydrogen-bond acceptors (Lipinski definition) is 11. The number of phosphoric acid groups is 1. The maximum absolute atomic E-state index is 13.7. The number of nitrogens with one attached hydrogen (secondary N) is 1. The molecule has 17 heteroatoms. The van der Waals surface area contributed by atoms with Crippen molar-refractivity contribution in [3.05, 3.63) is 11.8 Å². The van der Waals surface area contributed by atoms with E-state index in [2.05, 4.69) is 5.32 Å². The summed E-state index contributed by atoms with van der Waals surface area (Å²) in [7, 11) is -3.15. The zero-order valence-corrected chi connectivity index (χ0v) is 22.5. The Morgan fingerprint density at radius 2 is 1.95 bits per heavy atom. The van der Waals surface area contributed by atoms with Gasteiger partial charge in [-0.3, -0.25) is 29.0 Å². The van der Waals surface area contributed by atoms with Gasteiger partial charge < -0.3 is 29.5 Å². The van der Waals surface area contributed by atoms with E-state index >= 15 is 0 Å². The topological polar surface area (TPSA) is 188 Å². The van der Waals surface area contributed by atoms with E-state index < -0.39 is 91.5 Å². The van der Waals surface area contributed by atoms with E-state index in [1.165, 1.54) is 26.5 Å². The van der Waals surface area contributed by atoms with Crippen molar-refractivity contribution in [3.8, 4) is 0 Å². The molecule has 0 aromatic heterocycles. The highest BCUT2D eigenvalue weighted by Crippen LogP contribution is 2.65. The molecule has 0 aromatic carbocycles. The largest absolute Gasteiger partial charge is 0.472 e. The van der Waals surface area contributed by atoms with Crippen LogP contribution in [-0.4, -0.2) is 121 Å². The lowest BCUT2D eigenvalue weighted by atomic mass is 9.81. The molecule has 7 aliphatic heterocycles. The molecule has 0 aliphatic carbocycles. The zero-order valence-electron chi connectivity index (χ0n) is 20.8. The molecule has 5 amide bonds. The third-order valence-corrected chi connectivity index (χ3v) is 11.2. The van der Waals surface area contributed by atoms with E-state index in [1.807, 2.05) is 0 Å². The fourth-order valence-corrected chi connectivity index (χ4v) is 9.17. The van der Waals surface area contributed by atoms with E-state index in [0.717, 1.165) is 0 Å². The van der Waals surface area contributed by atoms with E-state index in [1.54, 1.807) is 27.1 Å². The lowest BCUT2D eigenvalue weighted by Gasteiger charge is -2.68. The van der Waals surface area contributed by atoms with Crippen LogP contribution in [0.1, 0.15) is 26.7 Å². The lowest BCUT2D eigenvalue weighted by Crippen LogP contribution is -2.86. The summed E-state index contributed by atoms with van der Waals surface area (Å²) in [5, 5.41) is 22.9. The minimum absolute atomic E-state index is 0.0403. The van der Waals surface area contributed by atoms with Crippen molar-refractivity contribution in [1.82, 2.24) is 20.0 Å². The molecule has 5 saturated heterocycles. The average molecular weight is 577 g/mol. The smallest absolute Gasteiger partial charge is 0.394 e. The number of carbonyl (C=O) groups is 3. The minimum Gasteiger partial charge on any atom is -0.394 e. The Hall–Kier alpha value is -1.75. The quantitative estimate of drug-likeness (QED) is 0.293. The summed E-state index contributed by atoms with van der Waals surface area (Å²) in [5.41, 5.74) is 0.645. The molecule has 0 aromatic rings. The number of aliphatic hydroxyl groups excluding tert-OH is 2. The number of thioether (sulfide) groups is 1. The van der Waals surface area contributed by atoms with E-state index in [0.29, 0.717) is 5.57 Å². The number of nitrogens with zero attached hydrogens (tertiary/aromatic N) is 3. The number of fused-ring (bicyclic) bond motifs is 4. The van der Waals surface area contributed by atoms with Crippen LogP contribution < -0.4 is 5.32 Å². The molecule has 4 N–H and O–H groups in total. The molecule has 7 heterocycles. The molecule has 38 heavy (non-hydrogen) atoms. The third kappa shape index (κ3) is 3.55. The summed E-state index contributed by atoms with van der Waals surface area (Å²) in [6, 6.07) is -2.10. The van der Waals surface area contributed by atoms with Gasteiger partial charge in [-0.15, -0.1) is 11.8 Å². The Morgan fingerprint density at radius 3 is 2.66 bits per heavy atom. The van der Waals surface area contributed by atoms with Gasteiger partial charge in [-0.25, -0.2) is 14.2 Å². The molecule has 0 radical (unpaired) electrons. The number of phosphoric ester groups is 1. The predicted octanol–water partition coefficient (Wildman–Crippen LogP) is -0.521. The number of likely N-dealkylation sites (N-methyl/N-ethyl adjacent to an activating group) is 1. The molecule has 6 bridgehead atoms. The van der Waals surface area contributed by atoms with Gasteiger partial charge in [0.05, 0.1) is 25.4 Å². The maximum Gasteiger partial charge on any atom is 0.472 e. The van der Waals surface area contributed by atoms with Gasteiger partial charge >= 0.3 is 19.9 Å². The molecule has 10 atom stereocenters. The van der Waals surface area contributed by atoms with Crippen LogP contribution in [0, 0.1) is 0 Å². The van der Waals surface area contributed by atoms with Crippen LogP contribution in [0.2, 0.25) is 0 Å². The predicted molar refractivity (Wildman–Crippen MR) is 127 cm³/mol. The van der Waals surface area contributed by atoms with Gasteiger partial charge in [0.2, 0.25) is 5.91 Å². The maximum atomic E-state index is 13.7. The highest BCUT2D eigenvalue weighted by atomic mass is 32.2. The van der Waals surface area contributed by atoms with E-state index in [-0.39, 0.29) is 12.8 Å². The van der Waals surface area contributed by atoms with Crippen molar-refractivity contribution < 1.29 is 52.6 Å². The first-order chi connectivity index (χ1) is 17.8. The Labute approximate surface area is 221 Å². The standard InChI is InChI=1S/C21H29N4O11PS/c1-9-6-24-14-5-11(12(7-26)34-14)36-37(31,32)33-8-13-10(27)4-15(35-13)25-16-20(2,17(28)22-18(25)29)38-21(9,16)23(3)19(24)30/h6,10-16,26-27H,4-5,7-8H2,1-3H3,(H,31,32)(H,22,28,29)/t10-,11-,12+,13+,14+,15+,16+,20+,21-/m0/s1. The van der Waals surface area contributed by atoms with E-state index in [9.17, 15) is 34.1 Å². The van der Waals surface area contributed by atoms with Crippen LogP contribution >= 0.6 is 19.6 Å². The van der Waals surface area contributed by atoms with Crippen molar-refractivity contribution in [1.29, 1.82) is 0 Å². The molecular weight excluding hydrogens is 547 g/mol. The summed E-state index contributed by atoms with van der Waals surface area (Å²) in [5.74, 6) is -0.505. The van der Waals surface area contributed by atoms with Crippen molar-refractivity contribution in [2.75, 3.05) is 20.3 Å². The van der Waals surface area contributed by atoms with E-state index in [4.69, 9.17) is 18.5 Å². The SMILES string of the molecule is CC1=CN2C(=O)N(C)[C@]13S[C@@]1(C)C(=O)NC(=O)N([C@H]13)[C@H]1C[C@H](O)[C@@H](COP(=O)(O)O[C@H]3C[C@H]2O[C@@H]3CO)O1.